The molecule has 0 saturated heterocycles. The molecular formula is C13H16N2OS2. The summed E-state index contributed by atoms with van der Waals surface area (Å²) in [5.41, 5.74) is 1.08. The Morgan fingerprint density at radius 1 is 1.44 bits per heavy atom. The zero-order valence-electron chi connectivity index (χ0n) is 10.3. The molecule has 0 aliphatic heterocycles. The fourth-order valence-corrected chi connectivity index (χ4v) is 3.14. The van der Waals surface area contributed by atoms with Crippen molar-refractivity contribution in [2.24, 2.45) is 0 Å². The number of amides is 1. The topological polar surface area (TPSA) is 42.0 Å². The number of nitrogens with one attached hydrogen (secondary N) is 1. The molecule has 96 valence electrons. The predicted octanol–water partition coefficient (Wildman–Crippen LogP) is 2.80. The average molecular weight is 280 g/mol. The van der Waals surface area contributed by atoms with Gasteiger partial charge in [0.25, 0.3) is 0 Å². The summed E-state index contributed by atoms with van der Waals surface area (Å²) in [6.07, 6.45) is 2.38. The summed E-state index contributed by atoms with van der Waals surface area (Å²) in [6, 6.07) is 3.96. The normalized spacial score (nSPS) is 10.5. The number of carbonyl (C=O) groups is 1. The van der Waals surface area contributed by atoms with E-state index in [1.165, 1.54) is 0 Å². The first-order chi connectivity index (χ1) is 8.74. The third-order valence-corrected chi connectivity index (χ3v) is 4.37. The van der Waals surface area contributed by atoms with Crippen molar-refractivity contribution < 1.29 is 4.79 Å². The van der Waals surface area contributed by atoms with E-state index < -0.39 is 0 Å². The van der Waals surface area contributed by atoms with Crippen LogP contribution in [-0.2, 0) is 17.6 Å². The zero-order chi connectivity index (χ0) is 12.8. The number of thiophene rings is 1. The van der Waals surface area contributed by atoms with E-state index in [0.29, 0.717) is 6.42 Å². The highest BCUT2D eigenvalue weighted by Gasteiger charge is 2.04. The lowest BCUT2D eigenvalue weighted by atomic mass is 10.3. The molecule has 5 heteroatoms. The smallest absolute Gasteiger partial charge is 0.225 e. The number of hydrogen-bond acceptors (Lipinski definition) is 4. The summed E-state index contributed by atoms with van der Waals surface area (Å²) in [6.45, 7) is 2.73. The van der Waals surface area contributed by atoms with Crippen molar-refractivity contribution in [3.05, 3.63) is 38.5 Å². The molecule has 1 N–H and O–H groups in total. The van der Waals surface area contributed by atoms with Gasteiger partial charge in [-0.3, -0.25) is 4.79 Å². The Morgan fingerprint density at radius 2 is 2.33 bits per heavy atom. The largest absolute Gasteiger partial charge is 0.356 e. The molecule has 2 rings (SSSR count). The lowest BCUT2D eigenvalue weighted by molar-refractivity contribution is -0.120. The summed E-state index contributed by atoms with van der Waals surface area (Å²) in [5.74, 6) is 0.104. The molecule has 0 saturated carbocycles. The van der Waals surface area contributed by atoms with Gasteiger partial charge in [-0.15, -0.1) is 22.7 Å². The lowest BCUT2D eigenvalue weighted by Crippen LogP contribution is -2.26. The maximum absolute atomic E-state index is 11.6. The number of carbonyl (C=O) groups excluding carboxylic acids is 1. The van der Waals surface area contributed by atoms with Gasteiger partial charge in [-0.25, -0.2) is 4.98 Å². The van der Waals surface area contributed by atoms with E-state index >= 15 is 0 Å². The molecule has 0 aliphatic carbocycles. The molecule has 1 amide bonds. The molecule has 0 radical (unpaired) electrons. The number of hydrogen-bond donors (Lipinski definition) is 1. The van der Waals surface area contributed by atoms with E-state index in [2.05, 4.69) is 15.7 Å². The number of rotatable bonds is 6. The fourth-order valence-electron chi connectivity index (χ4n) is 1.62. The van der Waals surface area contributed by atoms with Crippen molar-refractivity contribution in [3.63, 3.8) is 0 Å². The van der Waals surface area contributed by atoms with Gasteiger partial charge in [-0.2, -0.15) is 0 Å². The zero-order valence-corrected chi connectivity index (χ0v) is 11.9. The molecule has 0 spiro atoms. The fraction of sp³-hybridized carbons (Fsp3) is 0.385. The van der Waals surface area contributed by atoms with Crippen molar-refractivity contribution in [1.82, 2.24) is 10.3 Å². The Kier molecular flexibility index (Phi) is 4.90. The number of thiazole rings is 1. The minimum absolute atomic E-state index is 0.104. The van der Waals surface area contributed by atoms with Crippen LogP contribution in [0.5, 0.6) is 0 Å². The van der Waals surface area contributed by atoms with Crippen molar-refractivity contribution >= 4 is 28.6 Å². The minimum Gasteiger partial charge on any atom is -0.356 e. The number of aryl methyl sites for hydroxylation is 2. The minimum atomic E-state index is 0.104. The molecule has 2 aromatic heterocycles. The predicted molar refractivity (Wildman–Crippen MR) is 76.2 cm³/mol. The summed E-state index contributed by atoms with van der Waals surface area (Å²) in [5, 5.41) is 8.15. The monoisotopic (exact) mass is 280 g/mol. The van der Waals surface area contributed by atoms with Crippen molar-refractivity contribution in [1.29, 1.82) is 0 Å². The van der Waals surface area contributed by atoms with Crippen molar-refractivity contribution in [2.45, 2.75) is 26.2 Å². The van der Waals surface area contributed by atoms with Crippen LogP contribution in [0, 0.1) is 6.92 Å². The Bertz CT molecular complexity index is 491. The molecule has 2 heterocycles. The Hall–Kier alpha value is -1.20. The van der Waals surface area contributed by atoms with Gasteiger partial charge in [0.2, 0.25) is 5.91 Å². The quantitative estimate of drug-likeness (QED) is 0.827. The average Bonchev–Trinajstić information content (AvgIpc) is 2.96. The van der Waals surface area contributed by atoms with Crippen LogP contribution in [0.25, 0.3) is 0 Å². The van der Waals surface area contributed by atoms with E-state index in [1.54, 1.807) is 22.7 Å². The van der Waals surface area contributed by atoms with Crippen LogP contribution in [0.2, 0.25) is 0 Å². The summed E-state index contributed by atoms with van der Waals surface area (Å²) >= 11 is 3.31. The second kappa shape index (κ2) is 6.66. The van der Waals surface area contributed by atoms with E-state index in [4.69, 9.17) is 0 Å². The van der Waals surface area contributed by atoms with E-state index in [-0.39, 0.29) is 5.91 Å². The van der Waals surface area contributed by atoms with Gasteiger partial charge < -0.3 is 5.32 Å². The maximum Gasteiger partial charge on any atom is 0.225 e. The van der Waals surface area contributed by atoms with Gasteiger partial charge >= 0.3 is 0 Å². The first-order valence-electron chi connectivity index (χ1n) is 5.94. The second-order valence-corrected chi connectivity index (χ2v) is 6.07. The van der Waals surface area contributed by atoms with Gasteiger partial charge in [0, 0.05) is 28.9 Å². The first kappa shape index (κ1) is 13.2. The molecule has 0 bridgehead atoms. The van der Waals surface area contributed by atoms with Crippen molar-refractivity contribution in [3.8, 4) is 0 Å². The Balaban J connectivity index is 1.62. The highest BCUT2D eigenvalue weighted by molar-refractivity contribution is 7.10. The maximum atomic E-state index is 11.6. The van der Waals surface area contributed by atoms with Crippen LogP contribution in [0.15, 0.2) is 22.9 Å². The Labute approximate surface area is 115 Å². The van der Waals surface area contributed by atoms with Crippen LogP contribution in [0.1, 0.15) is 22.0 Å². The third-order valence-electron chi connectivity index (χ3n) is 2.47. The van der Waals surface area contributed by atoms with Crippen LogP contribution in [0.4, 0.5) is 0 Å². The summed E-state index contributed by atoms with van der Waals surface area (Å²) < 4.78 is 0. The Morgan fingerprint density at radius 3 is 3.00 bits per heavy atom. The molecule has 0 fully saturated rings. The van der Waals surface area contributed by atoms with E-state index in [0.717, 1.165) is 35.0 Å². The summed E-state index contributed by atoms with van der Waals surface area (Å²) in [4.78, 5) is 17.1. The van der Waals surface area contributed by atoms with Gasteiger partial charge in [-0.05, 0) is 24.8 Å². The van der Waals surface area contributed by atoms with Crippen molar-refractivity contribution in [2.75, 3.05) is 6.54 Å². The van der Waals surface area contributed by atoms with Crippen LogP contribution in [0.3, 0.4) is 0 Å². The van der Waals surface area contributed by atoms with Gasteiger partial charge in [0.1, 0.15) is 0 Å². The number of nitrogens with zero attached hydrogens (tertiary/aromatic N) is 1. The first-order valence-corrected chi connectivity index (χ1v) is 7.70. The highest BCUT2D eigenvalue weighted by Crippen LogP contribution is 2.11. The van der Waals surface area contributed by atoms with E-state index in [1.807, 2.05) is 24.4 Å². The lowest BCUT2D eigenvalue weighted by Gasteiger charge is -2.03. The molecule has 3 nitrogen and oxygen atoms in total. The molecule has 0 unspecified atom stereocenters. The third kappa shape index (κ3) is 4.23. The second-order valence-electron chi connectivity index (χ2n) is 4.09. The highest BCUT2D eigenvalue weighted by atomic mass is 32.1. The molecule has 2 aromatic rings. The molecule has 0 atom stereocenters. The van der Waals surface area contributed by atoms with Gasteiger partial charge in [0.05, 0.1) is 11.4 Å². The molecule has 18 heavy (non-hydrogen) atoms. The van der Waals surface area contributed by atoms with Crippen LogP contribution in [-0.4, -0.2) is 17.4 Å². The SMILES string of the molecule is Cc1csc(CCCNC(=O)Cc2cccs2)n1. The number of aromatic nitrogens is 1. The van der Waals surface area contributed by atoms with Crippen LogP contribution < -0.4 is 5.32 Å². The molecule has 0 aromatic carbocycles. The van der Waals surface area contributed by atoms with Gasteiger partial charge in [-0.1, -0.05) is 6.07 Å². The van der Waals surface area contributed by atoms with Gasteiger partial charge in [0.15, 0.2) is 0 Å². The summed E-state index contributed by atoms with van der Waals surface area (Å²) in [7, 11) is 0. The van der Waals surface area contributed by atoms with E-state index in [9.17, 15) is 4.79 Å². The molecular weight excluding hydrogens is 264 g/mol. The molecule has 0 aliphatic rings. The standard InChI is InChI=1S/C13H16N2OS2/c1-10-9-18-13(15-10)5-2-6-14-12(16)8-11-4-3-7-17-11/h3-4,7,9H,2,5-6,8H2,1H3,(H,14,16). The van der Waals surface area contributed by atoms with Crippen LogP contribution >= 0.6 is 22.7 Å².